The summed E-state index contributed by atoms with van der Waals surface area (Å²) in [5.41, 5.74) is 3.94. The highest BCUT2D eigenvalue weighted by Crippen LogP contribution is 2.19. The van der Waals surface area contributed by atoms with Crippen molar-refractivity contribution in [2.75, 3.05) is 31.3 Å². The van der Waals surface area contributed by atoms with Crippen LogP contribution < -0.4 is 10.6 Å². The molecule has 134 valence electrons. The Hall–Kier alpha value is -3.12. The summed E-state index contributed by atoms with van der Waals surface area (Å²) >= 11 is 0. The molecule has 0 aliphatic heterocycles. The van der Waals surface area contributed by atoms with Crippen molar-refractivity contribution >= 4 is 34.1 Å². The molecule has 2 amide bonds. The number of nitrogens with zero attached hydrogens (tertiary/aromatic N) is 1. The summed E-state index contributed by atoms with van der Waals surface area (Å²) in [6.07, 6.45) is 0. The van der Waals surface area contributed by atoms with Crippen molar-refractivity contribution in [3.05, 3.63) is 59.8 Å². The largest absolute Gasteiger partial charge is 0.351 e. The molecule has 0 aliphatic rings. The maximum Gasteiger partial charge on any atom is 0.272 e. The van der Waals surface area contributed by atoms with E-state index in [1.807, 2.05) is 45.3 Å². The summed E-state index contributed by atoms with van der Waals surface area (Å²) in [6, 6.07) is 14.9. The first-order valence-corrected chi connectivity index (χ1v) is 8.36. The Balaban J connectivity index is 1.66. The molecule has 3 aromatic rings. The third-order valence-corrected chi connectivity index (χ3v) is 3.91. The molecule has 2 aromatic carbocycles. The highest BCUT2D eigenvalue weighted by atomic mass is 16.2. The normalized spacial score (nSPS) is 10.9. The summed E-state index contributed by atoms with van der Waals surface area (Å²) in [4.78, 5) is 29.1. The van der Waals surface area contributed by atoms with Crippen LogP contribution in [0.5, 0.6) is 0 Å². The van der Waals surface area contributed by atoms with Crippen LogP contribution in [0.1, 0.15) is 16.1 Å². The van der Waals surface area contributed by atoms with Gasteiger partial charge in [0, 0.05) is 22.3 Å². The zero-order valence-electron chi connectivity index (χ0n) is 15.1. The Morgan fingerprint density at radius 3 is 2.27 bits per heavy atom. The van der Waals surface area contributed by atoms with E-state index in [2.05, 4.69) is 15.6 Å². The molecule has 0 spiro atoms. The van der Waals surface area contributed by atoms with Crippen molar-refractivity contribution < 1.29 is 9.59 Å². The molecule has 1 heterocycles. The van der Waals surface area contributed by atoms with Crippen LogP contribution in [-0.2, 0) is 4.79 Å². The van der Waals surface area contributed by atoms with Gasteiger partial charge in [-0.05, 0) is 63.5 Å². The molecule has 0 atom stereocenters. The quantitative estimate of drug-likeness (QED) is 0.661. The molecule has 0 radical (unpaired) electrons. The first-order chi connectivity index (χ1) is 12.4. The van der Waals surface area contributed by atoms with E-state index in [-0.39, 0.29) is 11.8 Å². The van der Waals surface area contributed by atoms with Crippen LogP contribution in [0.25, 0.3) is 10.9 Å². The number of benzene rings is 2. The van der Waals surface area contributed by atoms with Crippen molar-refractivity contribution in [2.24, 2.45) is 0 Å². The Morgan fingerprint density at radius 2 is 1.62 bits per heavy atom. The van der Waals surface area contributed by atoms with E-state index in [9.17, 15) is 9.59 Å². The monoisotopic (exact) mass is 350 g/mol. The van der Waals surface area contributed by atoms with Gasteiger partial charge >= 0.3 is 0 Å². The van der Waals surface area contributed by atoms with E-state index in [1.54, 1.807) is 29.2 Å². The van der Waals surface area contributed by atoms with Crippen molar-refractivity contribution in [1.29, 1.82) is 0 Å². The van der Waals surface area contributed by atoms with Crippen LogP contribution >= 0.6 is 0 Å². The number of rotatable bonds is 5. The first kappa shape index (κ1) is 17.7. The number of H-pyrrole nitrogens is 1. The maximum atomic E-state index is 12.4. The minimum Gasteiger partial charge on any atom is -0.351 e. The zero-order chi connectivity index (χ0) is 18.7. The molecule has 0 bridgehead atoms. The minimum atomic E-state index is -0.205. The predicted molar refractivity (Wildman–Crippen MR) is 105 cm³/mol. The van der Waals surface area contributed by atoms with E-state index in [0.29, 0.717) is 23.6 Å². The Morgan fingerprint density at radius 1 is 0.962 bits per heavy atom. The third kappa shape index (κ3) is 4.29. The number of hydrogen-bond donors (Lipinski definition) is 3. The number of hydrogen-bond acceptors (Lipinski definition) is 3. The molecular weight excluding hydrogens is 328 g/mol. The molecule has 0 fully saturated rings. The second kappa shape index (κ2) is 7.41. The van der Waals surface area contributed by atoms with Crippen LogP contribution in [0.3, 0.4) is 0 Å². The molecule has 6 heteroatoms. The summed E-state index contributed by atoms with van der Waals surface area (Å²) < 4.78 is 0. The number of aromatic nitrogens is 1. The van der Waals surface area contributed by atoms with E-state index in [0.717, 1.165) is 16.5 Å². The van der Waals surface area contributed by atoms with Crippen molar-refractivity contribution in [1.82, 2.24) is 9.88 Å². The molecule has 6 nitrogen and oxygen atoms in total. The maximum absolute atomic E-state index is 12.4. The molecule has 3 N–H and O–H groups in total. The Bertz CT molecular complexity index is 942. The van der Waals surface area contributed by atoms with Crippen LogP contribution in [0.4, 0.5) is 11.4 Å². The average Bonchev–Trinajstić information content (AvgIpc) is 2.99. The fourth-order valence-electron chi connectivity index (χ4n) is 2.70. The molecular formula is C20H22N4O2. The number of fused-ring (bicyclic) bond motifs is 1. The smallest absolute Gasteiger partial charge is 0.272 e. The van der Waals surface area contributed by atoms with E-state index < -0.39 is 0 Å². The minimum absolute atomic E-state index is 0.0832. The summed E-state index contributed by atoms with van der Waals surface area (Å²) in [5.74, 6) is -0.289. The number of aromatic amines is 1. The first-order valence-electron chi connectivity index (χ1n) is 8.36. The standard InChI is InChI=1S/C20H22N4O2/c1-13-4-9-17-14(10-13)11-18(23-17)20(26)22-16-7-5-15(6-8-16)21-19(25)12-24(2)3/h4-11,23H,12H2,1-3H3,(H,21,25)(H,22,26). The highest BCUT2D eigenvalue weighted by molar-refractivity contribution is 6.06. The number of carbonyl (C=O) groups excluding carboxylic acids is 2. The number of nitrogens with one attached hydrogen (secondary N) is 3. The topological polar surface area (TPSA) is 77.2 Å². The fourth-order valence-corrected chi connectivity index (χ4v) is 2.70. The fraction of sp³-hybridized carbons (Fsp3) is 0.200. The average molecular weight is 350 g/mol. The van der Waals surface area contributed by atoms with Crippen LogP contribution in [-0.4, -0.2) is 42.3 Å². The second-order valence-electron chi connectivity index (χ2n) is 6.59. The molecule has 0 aliphatic carbocycles. The number of anilines is 2. The lowest BCUT2D eigenvalue weighted by Gasteiger charge is -2.10. The number of likely N-dealkylation sites (N-methyl/N-ethyl adjacent to an activating group) is 1. The number of carbonyl (C=O) groups is 2. The second-order valence-corrected chi connectivity index (χ2v) is 6.59. The van der Waals surface area contributed by atoms with Gasteiger partial charge in [-0.2, -0.15) is 0 Å². The predicted octanol–water partition coefficient (Wildman–Crippen LogP) is 3.23. The number of amides is 2. The van der Waals surface area contributed by atoms with Crippen molar-refractivity contribution in [3.63, 3.8) is 0 Å². The van der Waals surface area contributed by atoms with E-state index in [1.165, 1.54) is 0 Å². The van der Waals surface area contributed by atoms with Gasteiger partial charge in [-0.15, -0.1) is 0 Å². The zero-order valence-corrected chi connectivity index (χ0v) is 15.1. The lowest BCUT2D eigenvalue weighted by atomic mass is 10.2. The molecule has 0 unspecified atom stereocenters. The van der Waals surface area contributed by atoms with Gasteiger partial charge in [-0.25, -0.2) is 0 Å². The summed E-state index contributed by atoms with van der Waals surface area (Å²) in [7, 11) is 3.67. The summed E-state index contributed by atoms with van der Waals surface area (Å²) in [5, 5.41) is 6.67. The molecule has 3 rings (SSSR count). The molecule has 26 heavy (non-hydrogen) atoms. The van der Waals surface area contributed by atoms with Crippen molar-refractivity contribution in [3.8, 4) is 0 Å². The Kier molecular flexibility index (Phi) is 5.04. The van der Waals surface area contributed by atoms with Gasteiger partial charge in [0.15, 0.2) is 0 Å². The van der Waals surface area contributed by atoms with Gasteiger partial charge in [0.05, 0.1) is 6.54 Å². The van der Waals surface area contributed by atoms with E-state index in [4.69, 9.17) is 0 Å². The summed E-state index contributed by atoms with van der Waals surface area (Å²) in [6.45, 7) is 2.34. The lowest BCUT2D eigenvalue weighted by Crippen LogP contribution is -2.27. The van der Waals surface area contributed by atoms with Gasteiger partial charge in [0.2, 0.25) is 5.91 Å². The van der Waals surface area contributed by atoms with Crippen molar-refractivity contribution in [2.45, 2.75) is 6.92 Å². The van der Waals surface area contributed by atoms with Gasteiger partial charge in [0.1, 0.15) is 5.69 Å². The van der Waals surface area contributed by atoms with E-state index >= 15 is 0 Å². The van der Waals surface area contributed by atoms with Crippen LogP contribution in [0.15, 0.2) is 48.5 Å². The van der Waals surface area contributed by atoms with Crippen LogP contribution in [0.2, 0.25) is 0 Å². The molecule has 0 saturated heterocycles. The molecule has 0 saturated carbocycles. The van der Waals surface area contributed by atoms with Gasteiger partial charge in [-0.1, -0.05) is 11.6 Å². The third-order valence-electron chi connectivity index (χ3n) is 3.91. The van der Waals surface area contributed by atoms with Crippen LogP contribution in [0, 0.1) is 6.92 Å². The lowest BCUT2D eigenvalue weighted by molar-refractivity contribution is -0.116. The molecule has 1 aromatic heterocycles. The highest BCUT2D eigenvalue weighted by Gasteiger charge is 2.10. The van der Waals surface area contributed by atoms with Gasteiger partial charge < -0.3 is 20.5 Å². The number of aryl methyl sites for hydroxylation is 1. The van der Waals surface area contributed by atoms with Gasteiger partial charge in [0.25, 0.3) is 5.91 Å². The Labute approximate surface area is 152 Å². The SMILES string of the molecule is Cc1ccc2[nH]c(C(=O)Nc3ccc(NC(=O)CN(C)C)cc3)cc2c1. The van der Waals surface area contributed by atoms with Gasteiger partial charge in [-0.3, -0.25) is 9.59 Å².